The fraction of sp³-hybridized carbons (Fsp3) is 0.286. The van der Waals surface area contributed by atoms with E-state index in [4.69, 9.17) is 4.74 Å². The van der Waals surface area contributed by atoms with Gasteiger partial charge in [0.2, 0.25) is 0 Å². The van der Waals surface area contributed by atoms with E-state index in [1.165, 1.54) is 23.1 Å². The quantitative estimate of drug-likeness (QED) is 0.472. The molecule has 3 aromatic rings. The molecule has 0 aliphatic carbocycles. The van der Waals surface area contributed by atoms with E-state index < -0.39 is 10.8 Å². The van der Waals surface area contributed by atoms with Crippen molar-refractivity contribution in [3.63, 3.8) is 0 Å². The number of aromatic nitrogens is 2. The molecule has 0 atom stereocenters. The molecule has 0 unspecified atom stereocenters. The molecular formula is C21H22N4O5. The van der Waals surface area contributed by atoms with Gasteiger partial charge in [0.15, 0.2) is 5.75 Å². The van der Waals surface area contributed by atoms with Crippen molar-refractivity contribution < 1.29 is 14.5 Å². The van der Waals surface area contributed by atoms with Gasteiger partial charge in [-0.25, -0.2) is 4.98 Å². The molecule has 0 saturated carbocycles. The number of aromatic amines is 1. The van der Waals surface area contributed by atoms with E-state index in [-0.39, 0.29) is 41.8 Å². The first kappa shape index (κ1) is 21.0. The second-order valence-electron chi connectivity index (χ2n) is 6.93. The number of nitro groups is 1. The van der Waals surface area contributed by atoms with Crippen molar-refractivity contribution in [2.45, 2.75) is 33.4 Å². The largest absolute Gasteiger partial charge is 0.487 e. The van der Waals surface area contributed by atoms with E-state index >= 15 is 0 Å². The van der Waals surface area contributed by atoms with Crippen LogP contribution in [0.3, 0.4) is 0 Å². The fourth-order valence-corrected chi connectivity index (χ4v) is 3.10. The number of rotatable bonds is 7. The molecular weight excluding hydrogens is 388 g/mol. The number of benzene rings is 2. The lowest BCUT2D eigenvalue weighted by atomic mass is 10.1. The SMILES string of the molecule is CCOc1ccc(C(=O)N(Cc2nc3ccccc3c(=O)[nH]2)C(C)C)cc1[N+](=O)[O-]. The van der Waals surface area contributed by atoms with Crippen LogP contribution < -0.4 is 10.3 Å². The minimum absolute atomic E-state index is 0.0532. The number of hydrogen-bond donors (Lipinski definition) is 1. The predicted octanol–water partition coefficient (Wildman–Crippen LogP) is 3.28. The van der Waals surface area contributed by atoms with Gasteiger partial charge in [-0.3, -0.25) is 19.7 Å². The van der Waals surface area contributed by atoms with Gasteiger partial charge in [-0.1, -0.05) is 12.1 Å². The molecule has 9 heteroatoms. The predicted molar refractivity (Wildman–Crippen MR) is 112 cm³/mol. The maximum absolute atomic E-state index is 13.1. The standard InChI is InChI=1S/C21H22N4O5/c1-4-30-18-10-9-14(11-17(18)25(28)29)21(27)24(13(2)3)12-19-22-16-8-6-5-7-15(16)20(26)23-19/h5-11,13H,4,12H2,1-3H3,(H,22,23,26). The van der Waals surface area contributed by atoms with Gasteiger partial charge in [0, 0.05) is 17.7 Å². The number of carbonyl (C=O) groups is 1. The van der Waals surface area contributed by atoms with Crippen molar-refractivity contribution >= 4 is 22.5 Å². The summed E-state index contributed by atoms with van der Waals surface area (Å²) >= 11 is 0. The Morgan fingerprint density at radius 3 is 2.67 bits per heavy atom. The third-order valence-electron chi connectivity index (χ3n) is 4.57. The monoisotopic (exact) mass is 410 g/mol. The zero-order valence-electron chi connectivity index (χ0n) is 16.9. The number of H-pyrrole nitrogens is 1. The lowest BCUT2D eigenvalue weighted by Crippen LogP contribution is -2.37. The zero-order chi connectivity index (χ0) is 21.8. The van der Waals surface area contributed by atoms with Crippen LogP contribution in [-0.2, 0) is 6.54 Å². The summed E-state index contributed by atoms with van der Waals surface area (Å²) in [6.45, 7) is 5.69. The number of amides is 1. The summed E-state index contributed by atoms with van der Waals surface area (Å²) in [6, 6.07) is 10.8. The first-order chi connectivity index (χ1) is 14.3. The van der Waals surface area contributed by atoms with Crippen molar-refractivity contribution in [1.29, 1.82) is 0 Å². The Morgan fingerprint density at radius 2 is 2.00 bits per heavy atom. The molecule has 156 valence electrons. The maximum Gasteiger partial charge on any atom is 0.311 e. The van der Waals surface area contributed by atoms with Gasteiger partial charge in [-0.2, -0.15) is 0 Å². The van der Waals surface area contributed by atoms with Gasteiger partial charge in [0.05, 0.1) is 29.0 Å². The summed E-state index contributed by atoms with van der Waals surface area (Å²) in [7, 11) is 0. The highest BCUT2D eigenvalue weighted by molar-refractivity contribution is 5.95. The van der Waals surface area contributed by atoms with Crippen molar-refractivity contribution in [2.75, 3.05) is 6.61 Å². The van der Waals surface area contributed by atoms with Gasteiger partial charge < -0.3 is 14.6 Å². The van der Waals surface area contributed by atoms with Crippen molar-refractivity contribution in [1.82, 2.24) is 14.9 Å². The summed E-state index contributed by atoms with van der Waals surface area (Å²) in [5, 5.41) is 11.8. The van der Waals surface area contributed by atoms with Crippen molar-refractivity contribution in [2.24, 2.45) is 0 Å². The smallest absolute Gasteiger partial charge is 0.311 e. The summed E-state index contributed by atoms with van der Waals surface area (Å²) in [5.41, 5.74) is 0.123. The molecule has 0 fully saturated rings. The Morgan fingerprint density at radius 1 is 1.27 bits per heavy atom. The van der Waals surface area contributed by atoms with Crippen LogP contribution in [0.25, 0.3) is 10.9 Å². The third kappa shape index (κ3) is 4.29. The normalized spacial score (nSPS) is 10.9. The lowest BCUT2D eigenvalue weighted by molar-refractivity contribution is -0.385. The Bertz CT molecular complexity index is 1160. The molecule has 0 saturated heterocycles. The molecule has 0 bridgehead atoms. The molecule has 0 radical (unpaired) electrons. The Labute approximate surface area is 172 Å². The first-order valence-corrected chi connectivity index (χ1v) is 9.52. The number of fused-ring (bicyclic) bond motifs is 1. The van der Waals surface area contributed by atoms with Crippen molar-refractivity contribution in [3.8, 4) is 5.75 Å². The van der Waals surface area contributed by atoms with Crippen molar-refractivity contribution in [3.05, 3.63) is 74.3 Å². The molecule has 30 heavy (non-hydrogen) atoms. The average molecular weight is 410 g/mol. The molecule has 0 aliphatic rings. The van der Waals surface area contributed by atoms with Crippen LogP contribution >= 0.6 is 0 Å². The van der Waals surface area contributed by atoms with E-state index in [9.17, 15) is 19.7 Å². The molecule has 1 heterocycles. The van der Waals surface area contributed by atoms with E-state index in [2.05, 4.69) is 9.97 Å². The van der Waals surface area contributed by atoms with E-state index in [1.54, 1.807) is 31.2 Å². The van der Waals surface area contributed by atoms with Gasteiger partial charge in [0.1, 0.15) is 5.82 Å². The fourth-order valence-electron chi connectivity index (χ4n) is 3.10. The Kier molecular flexibility index (Phi) is 6.10. The van der Waals surface area contributed by atoms with Crippen LogP contribution in [0, 0.1) is 10.1 Å². The molecule has 1 N–H and O–H groups in total. The highest BCUT2D eigenvalue weighted by atomic mass is 16.6. The minimum Gasteiger partial charge on any atom is -0.487 e. The number of hydrogen-bond acceptors (Lipinski definition) is 6. The van der Waals surface area contributed by atoms with Crippen LogP contribution in [-0.4, -0.2) is 38.3 Å². The van der Waals surface area contributed by atoms with Crippen LogP contribution in [0.4, 0.5) is 5.69 Å². The number of nitro benzene ring substituents is 1. The molecule has 0 spiro atoms. The number of carbonyl (C=O) groups excluding carboxylic acids is 1. The molecule has 0 aliphatic heterocycles. The van der Waals surface area contributed by atoms with Gasteiger partial charge in [0.25, 0.3) is 11.5 Å². The first-order valence-electron chi connectivity index (χ1n) is 9.52. The summed E-state index contributed by atoms with van der Waals surface area (Å²) in [4.78, 5) is 44.9. The minimum atomic E-state index is -0.580. The number of nitrogens with zero attached hydrogens (tertiary/aromatic N) is 3. The molecule has 1 amide bonds. The summed E-state index contributed by atoms with van der Waals surface area (Å²) in [5.74, 6) is 0.0313. The van der Waals surface area contributed by atoms with Crippen LogP contribution in [0.5, 0.6) is 5.75 Å². The number of ether oxygens (including phenoxy) is 1. The highest BCUT2D eigenvalue weighted by Crippen LogP contribution is 2.29. The highest BCUT2D eigenvalue weighted by Gasteiger charge is 2.24. The Balaban J connectivity index is 1.95. The molecule has 2 aromatic carbocycles. The van der Waals surface area contributed by atoms with Crippen LogP contribution in [0.15, 0.2) is 47.3 Å². The third-order valence-corrected chi connectivity index (χ3v) is 4.57. The second kappa shape index (κ2) is 8.73. The summed E-state index contributed by atoms with van der Waals surface area (Å²) in [6.07, 6.45) is 0. The van der Waals surface area contributed by atoms with E-state index in [0.717, 1.165) is 0 Å². The average Bonchev–Trinajstić information content (AvgIpc) is 2.71. The van der Waals surface area contributed by atoms with E-state index in [0.29, 0.717) is 16.7 Å². The topological polar surface area (TPSA) is 118 Å². The summed E-state index contributed by atoms with van der Waals surface area (Å²) < 4.78 is 5.27. The number of nitrogens with one attached hydrogen (secondary N) is 1. The lowest BCUT2D eigenvalue weighted by Gasteiger charge is -2.26. The maximum atomic E-state index is 13.1. The molecule has 1 aromatic heterocycles. The van der Waals surface area contributed by atoms with Gasteiger partial charge in [-0.15, -0.1) is 0 Å². The molecule has 3 rings (SSSR count). The zero-order valence-corrected chi connectivity index (χ0v) is 16.9. The van der Waals surface area contributed by atoms with Gasteiger partial charge in [-0.05, 0) is 45.0 Å². The molecule has 9 nitrogen and oxygen atoms in total. The van der Waals surface area contributed by atoms with Gasteiger partial charge >= 0.3 is 5.69 Å². The van der Waals surface area contributed by atoms with Crippen LogP contribution in [0.1, 0.15) is 37.0 Å². The van der Waals surface area contributed by atoms with Crippen LogP contribution in [0.2, 0.25) is 0 Å². The van der Waals surface area contributed by atoms with E-state index in [1.807, 2.05) is 13.8 Å². The Hall–Kier alpha value is -3.75. The second-order valence-corrected chi connectivity index (χ2v) is 6.93. The number of para-hydroxylation sites is 1.